The van der Waals surface area contributed by atoms with Crippen LogP contribution in [0.15, 0.2) is 42.5 Å². The Morgan fingerprint density at radius 2 is 1.38 bits per heavy atom. The van der Waals surface area contributed by atoms with E-state index in [2.05, 4.69) is 16.0 Å². The van der Waals surface area contributed by atoms with Crippen molar-refractivity contribution in [1.82, 2.24) is 0 Å². The van der Waals surface area contributed by atoms with Crippen LogP contribution in [0.2, 0.25) is 0 Å². The highest BCUT2D eigenvalue weighted by Gasteiger charge is 2.10. The van der Waals surface area contributed by atoms with Gasteiger partial charge in [0.25, 0.3) is 5.91 Å². The van der Waals surface area contributed by atoms with Gasteiger partial charge < -0.3 is 16.0 Å². The molecule has 0 saturated heterocycles. The van der Waals surface area contributed by atoms with Crippen LogP contribution in [0.5, 0.6) is 0 Å². The Morgan fingerprint density at radius 3 is 1.96 bits per heavy atom. The third kappa shape index (κ3) is 4.67. The predicted molar refractivity (Wildman–Crippen MR) is 94.2 cm³/mol. The number of hydrogen-bond donors (Lipinski definition) is 3. The molecule has 0 saturated carbocycles. The van der Waals surface area contributed by atoms with Crippen LogP contribution in [0.4, 0.5) is 17.1 Å². The molecule has 3 N–H and O–H groups in total. The summed E-state index contributed by atoms with van der Waals surface area (Å²) in [7, 11) is 0. The molecule has 0 radical (unpaired) electrons. The van der Waals surface area contributed by atoms with Gasteiger partial charge in [0.2, 0.25) is 11.8 Å². The molecule has 2 aromatic rings. The van der Waals surface area contributed by atoms with Gasteiger partial charge in [-0.05, 0) is 48.9 Å². The Labute approximate surface area is 140 Å². The first-order chi connectivity index (χ1) is 11.3. The lowest BCUT2D eigenvalue weighted by Crippen LogP contribution is -2.15. The number of rotatable bonds is 4. The van der Waals surface area contributed by atoms with Crippen molar-refractivity contribution in [3.8, 4) is 0 Å². The maximum atomic E-state index is 12.4. The molecule has 0 aromatic heterocycles. The molecule has 0 unspecified atom stereocenters. The van der Waals surface area contributed by atoms with Gasteiger partial charge in [-0.15, -0.1) is 0 Å². The number of benzene rings is 2. The molecular weight excluding hydrogens is 306 g/mol. The molecule has 0 aliphatic heterocycles. The zero-order valence-corrected chi connectivity index (χ0v) is 13.8. The predicted octanol–water partition coefficient (Wildman–Crippen LogP) is 3.16. The minimum absolute atomic E-state index is 0.174. The fraction of sp³-hybridized carbons (Fsp3) is 0.167. The van der Waals surface area contributed by atoms with Crippen LogP contribution in [0.1, 0.15) is 29.8 Å². The minimum atomic E-state index is -0.306. The van der Waals surface area contributed by atoms with E-state index in [0.29, 0.717) is 22.6 Å². The molecule has 0 fully saturated rings. The van der Waals surface area contributed by atoms with E-state index in [4.69, 9.17) is 0 Å². The molecule has 0 heterocycles. The first-order valence-corrected chi connectivity index (χ1v) is 7.42. The maximum absolute atomic E-state index is 12.4. The van der Waals surface area contributed by atoms with Crippen LogP contribution >= 0.6 is 0 Å². The van der Waals surface area contributed by atoms with Crippen LogP contribution in [0, 0.1) is 6.92 Å². The first kappa shape index (κ1) is 17.2. The van der Waals surface area contributed by atoms with E-state index in [1.54, 1.807) is 36.4 Å². The molecule has 0 aliphatic rings. The Kier molecular flexibility index (Phi) is 5.31. The Bertz CT molecular complexity index is 783. The number of amides is 3. The van der Waals surface area contributed by atoms with Crippen LogP contribution < -0.4 is 16.0 Å². The normalized spacial score (nSPS) is 9.96. The summed E-state index contributed by atoms with van der Waals surface area (Å²) in [6.45, 7) is 4.73. The van der Waals surface area contributed by atoms with Crippen molar-refractivity contribution < 1.29 is 14.4 Å². The monoisotopic (exact) mass is 325 g/mol. The molecule has 2 rings (SSSR count). The van der Waals surface area contributed by atoms with Crippen LogP contribution in [0.25, 0.3) is 0 Å². The van der Waals surface area contributed by atoms with Crippen LogP contribution in [0.3, 0.4) is 0 Å². The van der Waals surface area contributed by atoms with E-state index < -0.39 is 0 Å². The van der Waals surface area contributed by atoms with Crippen molar-refractivity contribution in [2.24, 2.45) is 0 Å². The number of carbonyl (C=O) groups is 3. The zero-order chi connectivity index (χ0) is 17.7. The second kappa shape index (κ2) is 7.41. The molecule has 6 nitrogen and oxygen atoms in total. The fourth-order valence-electron chi connectivity index (χ4n) is 2.16. The maximum Gasteiger partial charge on any atom is 0.255 e. The van der Waals surface area contributed by atoms with E-state index in [-0.39, 0.29) is 17.7 Å². The second-order valence-electron chi connectivity index (χ2n) is 5.44. The lowest BCUT2D eigenvalue weighted by molar-refractivity contribution is -0.115. The highest BCUT2D eigenvalue weighted by atomic mass is 16.2. The van der Waals surface area contributed by atoms with Crippen molar-refractivity contribution in [2.45, 2.75) is 20.8 Å². The fourth-order valence-corrected chi connectivity index (χ4v) is 2.16. The third-order valence-corrected chi connectivity index (χ3v) is 3.20. The summed E-state index contributed by atoms with van der Waals surface area (Å²) in [5, 5.41) is 8.12. The average Bonchev–Trinajstić information content (AvgIpc) is 2.49. The zero-order valence-electron chi connectivity index (χ0n) is 13.8. The van der Waals surface area contributed by atoms with Crippen LogP contribution in [-0.2, 0) is 9.59 Å². The van der Waals surface area contributed by atoms with Gasteiger partial charge in [0.15, 0.2) is 0 Å². The van der Waals surface area contributed by atoms with Crippen LogP contribution in [-0.4, -0.2) is 17.7 Å². The second-order valence-corrected chi connectivity index (χ2v) is 5.44. The van der Waals surface area contributed by atoms with Crippen molar-refractivity contribution in [3.63, 3.8) is 0 Å². The van der Waals surface area contributed by atoms with Gasteiger partial charge in [0.05, 0.1) is 11.4 Å². The molecule has 6 heteroatoms. The van der Waals surface area contributed by atoms with Crippen molar-refractivity contribution >= 4 is 34.8 Å². The molecule has 0 aliphatic carbocycles. The van der Waals surface area contributed by atoms with E-state index >= 15 is 0 Å². The summed E-state index contributed by atoms with van der Waals surface area (Å²) in [4.78, 5) is 34.7. The van der Waals surface area contributed by atoms with Gasteiger partial charge in [0.1, 0.15) is 0 Å². The molecular formula is C18H19N3O3. The van der Waals surface area contributed by atoms with E-state index in [9.17, 15) is 14.4 Å². The highest BCUT2D eigenvalue weighted by molar-refractivity contribution is 6.07. The smallest absolute Gasteiger partial charge is 0.255 e. The standard InChI is InChI=1S/C18H19N3O3/c1-11-4-9-16(17(10-11)20-13(3)23)21-18(24)14-5-7-15(8-6-14)19-12(2)22/h4-10H,1-3H3,(H,19,22)(H,20,23)(H,21,24). The van der Waals surface area contributed by atoms with Crippen molar-refractivity contribution in [3.05, 3.63) is 53.6 Å². The summed E-state index contributed by atoms with van der Waals surface area (Å²) >= 11 is 0. The molecule has 2 aromatic carbocycles. The van der Waals surface area contributed by atoms with Gasteiger partial charge in [-0.2, -0.15) is 0 Å². The summed E-state index contributed by atoms with van der Waals surface area (Å²) in [6, 6.07) is 11.9. The lowest BCUT2D eigenvalue weighted by Gasteiger charge is -2.12. The molecule has 0 atom stereocenters. The minimum Gasteiger partial charge on any atom is -0.326 e. The number of carbonyl (C=O) groups excluding carboxylic acids is 3. The van der Waals surface area contributed by atoms with Gasteiger partial charge >= 0.3 is 0 Å². The first-order valence-electron chi connectivity index (χ1n) is 7.42. The molecule has 24 heavy (non-hydrogen) atoms. The molecule has 124 valence electrons. The average molecular weight is 325 g/mol. The Hall–Kier alpha value is -3.15. The summed E-state index contributed by atoms with van der Waals surface area (Å²) in [6.07, 6.45) is 0. The summed E-state index contributed by atoms with van der Waals surface area (Å²) in [5.74, 6) is -0.692. The number of nitrogens with one attached hydrogen (secondary N) is 3. The lowest BCUT2D eigenvalue weighted by atomic mass is 10.1. The summed E-state index contributed by atoms with van der Waals surface area (Å²) in [5.41, 5.74) is 3.10. The van der Waals surface area contributed by atoms with Gasteiger partial charge in [-0.1, -0.05) is 6.07 Å². The van der Waals surface area contributed by atoms with E-state index in [1.165, 1.54) is 13.8 Å². The van der Waals surface area contributed by atoms with Crippen molar-refractivity contribution in [1.29, 1.82) is 0 Å². The largest absolute Gasteiger partial charge is 0.326 e. The SMILES string of the molecule is CC(=O)Nc1ccc(C(=O)Nc2ccc(C)cc2NC(C)=O)cc1. The van der Waals surface area contributed by atoms with Gasteiger partial charge in [0, 0.05) is 25.1 Å². The molecule has 0 bridgehead atoms. The highest BCUT2D eigenvalue weighted by Crippen LogP contribution is 2.24. The third-order valence-electron chi connectivity index (χ3n) is 3.20. The van der Waals surface area contributed by atoms with E-state index in [1.807, 2.05) is 13.0 Å². The quantitative estimate of drug-likeness (QED) is 0.807. The van der Waals surface area contributed by atoms with Crippen molar-refractivity contribution in [2.75, 3.05) is 16.0 Å². The number of hydrogen-bond acceptors (Lipinski definition) is 3. The molecule has 3 amide bonds. The topological polar surface area (TPSA) is 87.3 Å². The molecule has 0 spiro atoms. The Morgan fingerprint density at radius 1 is 0.750 bits per heavy atom. The number of anilines is 3. The van der Waals surface area contributed by atoms with E-state index in [0.717, 1.165) is 5.56 Å². The van der Waals surface area contributed by atoms with Gasteiger partial charge in [-0.25, -0.2) is 0 Å². The number of aryl methyl sites for hydroxylation is 1. The Balaban J connectivity index is 2.17. The van der Waals surface area contributed by atoms with Gasteiger partial charge in [-0.3, -0.25) is 14.4 Å². The summed E-state index contributed by atoms with van der Waals surface area (Å²) < 4.78 is 0.